The maximum Gasteiger partial charge on any atom is 0.227 e. The number of ether oxygens (including phenoxy) is 2. The molecule has 2 heterocycles. The van der Waals surface area contributed by atoms with Gasteiger partial charge in [0.2, 0.25) is 5.91 Å². The molecule has 2 atom stereocenters. The molecule has 1 fully saturated rings. The second-order valence-electron chi connectivity index (χ2n) is 9.38. The second-order valence-corrected chi connectivity index (χ2v) is 9.38. The molecule has 7 heteroatoms. The first-order valence-corrected chi connectivity index (χ1v) is 12.2. The summed E-state index contributed by atoms with van der Waals surface area (Å²) in [5.74, 6) is 2.28. The molecule has 1 aromatic heterocycles. The Morgan fingerprint density at radius 3 is 2.53 bits per heavy atom. The van der Waals surface area contributed by atoms with E-state index in [4.69, 9.17) is 14.5 Å². The van der Waals surface area contributed by atoms with Crippen LogP contribution in [0, 0.1) is 13.8 Å². The van der Waals surface area contributed by atoms with Crippen LogP contribution in [0.3, 0.4) is 0 Å². The number of fused-ring (bicyclic) bond motifs is 1. The Morgan fingerprint density at radius 2 is 1.78 bits per heavy atom. The van der Waals surface area contributed by atoms with Crippen LogP contribution < -0.4 is 14.4 Å². The van der Waals surface area contributed by atoms with Crippen LogP contribution in [0.2, 0.25) is 0 Å². The van der Waals surface area contributed by atoms with Crippen molar-refractivity contribution in [1.82, 2.24) is 9.55 Å². The Labute approximate surface area is 210 Å². The van der Waals surface area contributed by atoms with Crippen LogP contribution in [0.15, 0.2) is 66.7 Å². The molecule has 5 rings (SSSR count). The van der Waals surface area contributed by atoms with Crippen molar-refractivity contribution in [3.05, 3.63) is 83.7 Å². The number of aromatic nitrogens is 2. The van der Waals surface area contributed by atoms with Gasteiger partial charge < -0.3 is 24.0 Å². The molecule has 3 aromatic carbocycles. The standard InChI is InChI=1S/C29H31N3O4/c1-19-8-11-25(14-20(19)2)36-18-23(33)17-32-27-7-5-4-6-26(27)30-29(32)21-15-28(34)31(16-21)22-9-12-24(35-3)13-10-22/h4-14,21,23,33H,15-18H2,1-3H3/t21-,23-/m1/s1. The molecule has 0 bridgehead atoms. The summed E-state index contributed by atoms with van der Waals surface area (Å²) in [5.41, 5.74) is 4.98. The van der Waals surface area contributed by atoms with Crippen LogP contribution in [0.5, 0.6) is 11.5 Å². The highest BCUT2D eigenvalue weighted by Gasteiger charge is 2.35. The van der Waals surface area contributed by atoms with Crippen molar-refractivity contribution >= 4 is 22.6 Å². The number of carbonyl (C=O) groups excluding carboxylic acids is 1. The lowest BCUT2D eigenvalue weighted by Crippen LogP contribution is -2.26. The number of aliphatic hydroxyl groups excluding tert-OH is 1. The maximum absolute atomic E-state index is 13.0. The van der Waals surface area contributed by atoms with E-state index >= 15 is 0 Å². The molecule has 36 heavy (non-hydrogen) atoms. The smallest absolute Gasteiger partial charge is 0.227 e. The summed E-state index contributed by atoms with van der Waals surface area (Å²) in [7, 11) is 1.62. The van der Waals surface area contributed by atoms with E-state index in [1.54, 1.807) is 12.0 Å². The van der Waals surface area contributed by atoms with E-state index in [-0.39, 0.29) is 18.4 Å². The van der Waals surface area contributed by atoms with Crippen molar-refractivity contribution in [3.63, 3.8) is 0 Å². The van der Waals surface area contributed by atoms with Gasteiger partial charge in [0, 0.05) is 24.6 Å². The van der Waals surface area contributed by atoms with Crippen molar-refractivity contribution in [1.29, 1.82) is 0 Å². The summed E-state index contributed by atoms with van der Waals surface area (Å²) in [6, 6.07) is 21.3. The molecular formula is C29H31N3O4. The number of aryl methyl sites for hydroxylation is 2. The first-order valence-electron chi connectivity index (χ1n) is 12.2. The number of aliphatic hydroxyl groups is 1. The SMILES string of the molecule is COc1ccc(N2C[C@H](c3nc4ccccc4n3C[C@@H](O)COc3ccc(C)c(C)c3)CC2=O)cc1. The Hall–Kier alpha value is -3.84. The van der Waals surface area contributed by atoms with Crippen LogP contribution in [0.4, 0.5) is 5.69 Å². The topological polar surface area (TPSA) is 76.8 Å². The third kappa shape index (κ3) is 4.79. The summed E-state index contributed by atoms with van der Waals surface area (Å²) in [6.45, 7) is 5.12. The third-order valence-corrected chi connectivity index (χ3v) is 6.87. The highest BCUT2D eigenvalue weighted by atomic mass is 16.5. The number of carbonyl (C=O) groups is 1. The number of imidazole rings is 1. The van der Waals surface area contributed by atoms with Crippen molar-refractivity contribution in [3.8, 4) is 11.5 Å². The first kappa shape index (κ1) is 23.9. The molecule has 186 valence electrons. The van der Waals surface area contributed by atoms with Crippen molar-refractivity contribution in [2.75, 3.05) is 25.2 Å². The van der Waals surface area contributed by atoms with Crippen molar-refractivity contribution < 1.29 is 19.4 Å². The first-order chi connectivity index (χ1) is 17.4. The number of nitrogens with zero attached hydrogens (tertiary/aromatic N) is 3. The summed E-state index contributed by atoms with van der Waals surface area (Å²) in [6.07, 6.45) is -0.373. The zero-order valence-corrected chi connectivity index (χ0v) is 20.8. The van der Waals surface area contributed by atoms with Gasteiger partial charge in [0.25, 0.3) is 0 Å². The lowest BCUT2D eigenvalue weighted by molar-refractivity contribution is -0.117. The molecule has 0 radical (unpaired) electrons. The number of hydrogen-bond acceptors (Lipinski definition) is 5. The quantitative estimate of drug-likeness (QED) is 0.394. The molecule has 7 nitrogen and oxygen atoms in total. The predicted octanol–water partition coefficient (Wildman–Crippen LogP) is 4.62. The molecular weight excluding hydrogens is 454 g/mol. The van der Waals surface area contributed by atoms with E-state index < -0.39 is 6.10 Å². The zero-order valence-electron chi connectivity index (χ0n) is 20.8. The summed E-state index contributed by atoms with van der Waals surface area (Å²) < 4.78 is 13.2. The Bertz CT molecular complexity index is 1380. The highest BCUT2D eigenvalue weighted by molar-refractivity contribution is 5.96. The van der Waals surface area contributed by atoms with Gasteiger partial charge in [-0.15, -0.1) is 0 Å². The van der Waals surface area contributed by atoms with Crippen LogP contribution >= 0.6 is 0 Å². The monoisotopic (exact) mass is 485 g/mol. The number of anilines is 1. The van der Waals surface area contributed by atoms with Gasteiger partial charge in [0.05, 0.1) is 24.7 Å². The van der Waals surface area contributed by atoms with E-state index in [1.807, 2.05) is 78.2 Å². The van der Waals surface area contributed by atoms with E-state index in [0.29, 0.717) is 19.5 Å². The molecule has 1 aliphatic rings. The van der Waals surface area contributed by atoms with Crippen LogP contribution in [-0.4, -0.2) is 46.9 Å². The highest BCUT2D eigenvalue weighted by Crippen LogP contribution is 2.34. The van der Waals surface area contributed by atoms with E-state index in [9.17, 15) is 9.90 Å². The molecule has 1 N–H and O–H groups in total. The Balaban J connectivity index is 1.36. The zero-order chi connectivity index (χ0) is 25.2. The lowest BCUT2D eigenvalue weighted by Gasteiger charge is -2.19. The Kier molecular flexibility index (Phi) is 6.65. The fraction of sp³-hybridized carbons (Fsp3) is 0.310. The van der Waals surface area contributed by atoms with Gasteiger partial charge in [0.1, 0.15) is 30.0 Å². The number of hydrogen-bond donors (Lipinski definition) is 1. The third-order valence-electron chi connectivity index (χ3n) is 6.87. The van der Waals surface area contributed by atoms with Crippen molar-refractivity contribution in [2.24, 2.45) is 0 Å². The number of amides is 1. The van der Waals surface area contributed by atoms with Gasteiger partial charge in [-0.3, -0.25) is 4.79 Å². The average Bonchev–Trinajstić information content (AvgIpc) is 3.45. The van der Waals surface area contributed by atoms with Crippen LogP contribution in [-0.2, 0) is 11.3 Å². The number of benzene rings is 3. The molecule has 0 saturated carbocycles. The molecule has 0 aliphatic carbocycles. The summed E-state index contributed by atoms with van der Waals surface area (Å²) >= 11 is 0. The minimum Gasteiger partial charge on any atom is -0.497 e. The van der Waals surface area contributed by atoms with Crippen LogP contribution in [0.25, 0.3) is 11.0 Å². The van der Waals surface area contributed by atoms with Crippen molar-refractivity contribution in [2.45, 2.75) is 38.8 Å². The minimum absolute atomic E-state index is 0.0578. The summed E-state index contributed by atoms with van der Waals surface area (Å²) in [4.78, 5) is 19.6. The molecule has 1 saturated heterocycles. The largest absolute Gasteiger partial charge is 0.497 e. The minimum atomic E-state index is -0.738. The summed E-state index contributed by atoms with van der Waals surface area (Å²) in [5, 5.41) is 10.9. The Morgan fingerprint density at radius 1 is 1.03 bits per heavy atom. The number of rotatable bonds is 8. The predicted molar refractivity (Wildman–Crippen MR) is 140 cm³/mol. The molecule has 1 amide bonds. The van der Waals surface area contributed by atoms with Gasteiger partial charge in [-0.25, -0.2) is 4.98 Å². The molecule has 1 aliphatic heterocycles. The van der Waals surface area contributed by atoms with E-state index in [1.165, 1.54) is 5.56 Å². The lowest BCUT2D eigenvalue weighted by atomic mass is 10.1. The number of methoxy groups -OCH3 is 1. The fourth-order valence-corrected chi connectivity index (χ4v) is 4.75. The normalized spacial score (nSPS) is 16.5. The van der Waals surface area contributed by atoms with Gasteiger partial charge in [-0.2, -0.15) is 0 Å². The van der Waals surface area contributed by atoms with Gasteiger partial charge >= 0.3 is 0 Å². The van der Waals surface area contributed by atoms with E-state index in [0.717, 1.165) is 39.6 Å². The van der Waals surface area contributed by atoms with Crippen LogP contribution in [0.1, 0.15) is 29.3 Å². The maximum atomic E-state index is 13.0. The number of para-hydroxylation sites is 2. The molecule has 0 spiro atoms. The second kappa shape index (κ2) is 10.0. The fourth-order valence-electron chi connectivity index (χ4n) is 4.75. The van der Waals surface area contributed by atoms with Gasteiger partial charge in [-0.1, -0.05) is 18.2 Å². The molecule has 4 aromatic rings. The van der Waals surface area contributed by atoms with E-state index in [2.05, 4.69) is 6.92 Å². The molecule has 0 unspecified atom stereocenters. The average molecular weight is 486 g/mol. The van der Waals surface area contributed by atoms with Gasteiger partial charge in [-0.05, 0) is 73.5 Å². The van der Waals surface area contributed by atoms with Gasteiger partial charge in [0.15, 0.2) is 0 Å².